The standard InChI is InChI=1S/C37H36F2N4O3.ClH/c1-42(2)23-10-22-40-34(44)25-32-31-15-8-9-16-33(31)43(24-21-37(32,38)39)36(46)27-17-19-28(20-18-27)41-35(45)30-14-7-6-13-29(30)26-11-4-3-5-12-26;/h3-9,11-20,25H,10,21-24H2,1-2H3,(H,40,44)(H,41,45);1H/b32-25-;. The van der Waals surface area contributed by atoms with E-state index in [-0.39, 0.29) is 36.0 Å². The van der Waals surface area contributed by atoms with E-state index in [9.17, 15) is 14.4 Å². The zero-order valence-corrected chi connectivity index (χ0v) is 27.0. The Morgan fingerprint density at radius 2 is 1.49 bits per heavy atom. The molecule has 10 heteroatoms. The number of hydrogen-bond donors (Lipinski definition) is 2. The van der Waals surface area contributed by atoms with Crippen molar-refractivity contribution in [2.24, 2.45) is 0 Å². The van der Waals surface area contributed by atoms with Crippen LogP contribution in [0.2, 0.25) is 0 Å². The van der Waals surface area contributed by atoms with Crippen LogP contribution >= 0.6 is 12.4 Å². The Labute approximate surface area is 279 Å². The molecule has 0 bridgehead atoms. The normalized spacial score (nSPS) is 14.5. The van der Waals surface area contributed by atoms with Crippen LogP contribution in [0.5, 0.6) is 0 Å². The van der Waals surface area contributed by atoms with Crippen molar-refractivity contribution in [3.05, 3.63) is 126 Å². The monoisotopic (exact) mass is 658 g/mol. The molecule has 0 spiro atoms. The van der Waals surface area contributed by atoms with Crippen LogP contribution < -0.4 is 15.5 Å². The molecule has 47 heavy (non-hydrogen) atoms. The molecule has 0 aliphatic carbocycles. The number of benzene rings is 4. The van der Waals surface area contributed by atoms with Crippen molar-refractivity contribution < 1.29 is 23.2 Å². The molecule has 0 atom stereocenters. The maximum atomic E-state index is 15.5. The lowest BCUT2D eigenvalue weighted by atomic mass is 9.97. The Morgan fingerprint density at radius 1 is 0.851 bits per heavy atom. The van der Waals surface area contributed by atoms with Crippen molar-refractivity contribution >= 4 is 47.1 Å². The summed E-state index contributed by atoms with van der Waals surface area (Å²) in [6.45, 7) is 0.858. The molecule has 5 rings (SSSR count). The summed E-state index contributed by atoms with van der Waals surface area (Å²) >= 11 is 0. The van der Waals surface area contributed by atoms with Crippen LogP contribution in [0.3, 0.4) is 0 Å². The molecule has 0 radical (unpaired) electrons. The van der Waals surface area contributed by atoms with Gasteiger partial charge in [-0.3, -0.25) is 14.4 Å². The summed E-state index contributed by atoms with van der Waals surface area (Å²) in [6.07, 6.45) is 0.985. The quantitative estimate of drug-likeness (QED) is 0.148. The number of halogens is 3. The second kappa shape index (κ2) is 15.6. The Hall–Kier alpha value is -4.86. The van der Waals surface area contributed by atoms with E-state index in [0.717, 1.165) is 23.7 Å². The van der Waals surface area contributed by atoms with Crippen LogP contribution in [0, 0.1) is 0 Å². The first-order valence-corrected chi connectivity index (χ1v) is 15.1. The summed E-state index contributed by atoms with van der Waals surface area (Å²) in [4.78, 5) is 42.9. The van der Waals surface area contributed by atoms with Gasteiger partial charge in [-0.05, 0) is 74.6 Å². The van der Waals surface area contributed by atoms with E-state index in [4.69, 9.17) is 0 Å². The number of hydrogen-bond acceptors (Lipinski definition) is 4. The Morgan fingerprint density at radius 3 is 2.19 bits per heavy atom. The summed E-state index contributed by atoms with van der Waals surface area (Å²) < 4.78 is 31.0. The molecule has 4 aromatic carbocycles. The van der Waals surface area contributed by atoms with Crippen molar-refractivity contribution in [3.63, 3.8) is 0 Å². The fourth-order valence-corrected chi connectivity index (χ4v) is 5.43. The molecule has 3 amide bonds. The van der Waals surface area contributed by atoms with Crippen molar-refractivity contribution in [1.82, 2.24) is 10.2 Å². The van der Waals surface area contributed by atoms with Gasteiger partial charge in [0.25, 0.3) is 17.7 Å². The second-order valence-electron chi connectivity index (χ2n) is 11.4. The highest BCUT2D eigenvalue weighted by Gasteiger charge is 2.41. The topological polar surface area (TPSA) is 81.8 Å². The number of alkyl halides is 2. The number of allylic oxidation sites excluding steroid dienone is 1. The first-order valence-electron chi connectivity index (χ1n) is 15.1. The predicted octanol–water partition coefficient (Wildman–Crippen LogP) is 7.16. The van der Waals surface area contributed by atoms with Gasteiger partial charge < -0.3 is 20.4 Å². The number of carbonyl (C=O) groups excluding carboxylic acids is 3. The van der Waals surface area contributed by atoms with Gasteiger partial charge in [-0.25, -0.2) is 8.78 Å². The van der Waals surface area contributed by atoms with Crippen LogP contribution in [-0.2, 0) is 4.79 Å². The largest absolute Gasteiger partial charge is 0.352 e. The number of nitrogens with one attached hydrogen (secondary N) is 2. The molecule has 244 valence electrons. The number of amides is 3. The zero-order valence-electron chi connectivity index (χ0n) is 26.2. The van der Waals surface area contributed by atoms with Gasteiger partial charge in [0.1, 0.15) is 0 Å². The lowest BCUT2D eigenvalue weighted by Crippen LogP contribution is -2.33. The summed E-state index contributed by atoms with van der Waals surface area (Å²) in [7, 11) is 3.83. The fraction of sp³-hybridized carbons (Fsp3) is 0.216. The average Bonchev–Trinajstić information content (AvgIpc) is 3.17. The molecule has 0 saturated carbocycles. The molecule has 7 nitrogen and oxygen atoms in total. The molecule has 0 fully saturated rings. The number of anilines is 2. The SMILES string of the molecule is CN(C)CCCNC(=O)/C=C1/c2ccccc2N(C(=O)c2ccc(NC(=O)c3ccccc3-c3ccccc3)cc2)CCC1(F)F.Cl. The molecule has 2 N–H and O–H groups in total. The van der Waals surface area contributed by atoms with Gasteiger partial charge in [0, 0.05) is 53.5 Å². The number of fused-ring (bicyclic) bond motifs is 1. The zero-order chi connectivity index (χ0) is 32.7. The van der Waals surface area contributed by atoms with Gasteiger partial charge in [-0.2, -0.15) is 0 Å². The number of rotatable bonds is 9. The van der Waals surface area contributed by atoms with E-state index in [2.05, 4.69) is 10.6 Å². The summed E-state index contributed by atoms with van der Waals surface area (Å²) in [6, 6.07) is 29.6. The van der Waals surface area contributed by atoms with E-state index < -0.39 is 29.7 Å². The van der Waals surface area contributed by atoms with E-state index in [1.807, 2.05) is 61.5 Å². The van der Waals surface area contributed by atoms with Gasteiger partial charge in [-0.15, -0.1) is 12.4 Å². The third-order valence-corrected chi connectivity index (χ3v) is 7.78. The van der Waals surface area contributed by atoms with Gasteiger partial charge in [0.2, 0.25) is 5.91 Å². The van der Waals surface area contributed by atoms with E-state index in [1.165, 1.54) is 11.0 Å². The van der Waals surface area contributed by atoms with E-state index in [1.54, 1.807) is 54.6 Å². The van der Waals surface area contributed by atoms with Crippen LogP contribution in [0.4, 0.5) is 20.2 Å². The van der Waals surface area contributed by atoms with E-state index in [0.29, 0.717) is 29.9 Å². The van der Waals surface area contributed by atoms with Gasteiger partial charge >= 0.3 is 0 Å². The fourth-order valence-electron chi connectivity index (χ4n) is 5.43. The first kappa shape index (κ1) is 35.0. The highest BCUT2D eigenvalue weighted by molar-refractivity contribution is 6.11. The minimum Gasteiger partial charge on any atom is -0.352 e. The van der Waals surface area contributed by atoms with Crippen LogP contribution in [0.15, 0.2) is 109 Å². The molecule has 0 aromatic heterocycles. The van der Waals surface area contributed by atoms with Gasteiger partial charge in [0.15, 0.2) is 0 Å². The number of carbonyl (C=O) groups is 3. The maximum absolute atomic E-state index is 15.5. The second-order valence-corrected chi connectivity index (χ2v) is 11.4. The Bertz CT molecular complexity index is 1740. The summed E-state index contributed by atoms with van der Waals surface area (Å²) in [5.74, 6) is -4.71. The third-order valence-electron chi connectivity index (χ3n) is 7.78. The molecular weight excluding hydrogens is 622 g/mol. The molecule has 0 unspecified atom stereocenters. The molecular formula is C37H37ClF2N4O3. The van der Waals surface area contributed by atoms with Crippen molar-refractivity contribution in [1.29, 1.82) is 0 Å². The van der Waals surface area contributed by atoms with Crippen LogP contribution in [0.1, 0.15) is 39.1 Å². The molecule has 1 aliphatic heterocycles. The Kier molecular flexibility index (Phi) is 11.6. The van der Waals surface area contributed by atoms with Gasteiger partial charge in [0.05, 0.1) is 5.69 Å². The summed E-state index contributed by atoms with van der Waals surface area (Å²) in [5.41, 5.74) is 2.96. The van der Waals surface area contributed by atoms with Crippen molar-refractivity contribution in [2.75, 3.05) is 43.9 Å². The van der Waals surface area contributed by atoms with Crippen LogP contribution in [0.25, 0.3) is 16.7 Å². The number of para-hydroxylation sites is 1. The van der Waals surface area contributed by atoms with Gasteiger partial charge in [-0.1, -0.05) is 66.7 Å². The van der Waals surface area contributed by atoms with Crippen LogP contribution in [-0.4, -0.2) is 62.3 Å². The Balaban J connectivity index is 0.00000500. The average molecular weight is 659 g/mol. The highest BCUT2D eigenvalue weighted by atomic mass is 35.5. The first-order chi connectivity index (χ1) is 22.1. The lowest BCUT2D eigenvalue weighted by Gasteiger charge is -2.23. The van der Waals surface area contributed by atoms with Crippen molar-refractivity contribution in [2.45, 2.75) is 18.8 Å². The minimum atomic E-state index is -3.34. The molecule has 1 aliphatic rings. The lowest BCUT2D eigenvalue weighted by molar-refractivity contribution is -0.116. The van der Waals surface area contributed by atoms with Crippen molar-refractivity contribution in [3.8, 4) is 11.1 Å². The minimum absolute atomic E-state index is 0. The molecule has 4 aromatic rings. The number of nitrogens with zero attached hydrogens (tertiary/aromatic N) is 2. The smallest absolute Gasteiger partial charge is 0.275 e. The maximum Gasteiger partial charge on any atom is 0.275 e. The summed E-state index contributed by atoms with van der Waals surface area (Å²) in [5, 5.41) is 5.58. The van der Waals surface area contributed by atoms with E-state index >= 15 is 8.78 Å². The predicted molar refractivity (Wildman–Crippen MR) is 185 cm³/mol. The third kappa shape index (κ3) is 8.49. The highest BCUT2D eigenvalue weighted by Crippen LogP contribution is 2.43. The molecule has 1 heterocycles. The molecule has 0 saturated heterocycles.